The van der Waals surface area contributed by atoms with Crippen LogP contribution >= 0.6 is 15.9 Å². The molecular formula is C8H8BrO2. The number of ether oxygens (including phenoxy) is 2. The van der Waals surface area contributed by atoms with Gasteiger partial charge >= 0.3 is 0 Å². The first-order valence-corrected chi connectivity index (χ1v) is 3.87. The predicted octanol–water partition coefficient (Wildman–Crippen LogP) is 2.27. The highest BCUT2D eigenvalue weighted by Crippen LogP contribution is 2.33. The zero-order valence-corrected chi connectivity index (χ0v) is 7.94. The molecule has 3 heteroatoms. The van der Waals surface area contributed by atoms with Crippen LogP contribution in [-0.4, -0.2) is 14.2 Å². The Morgan fingerprint density at radius 1 is 1.36 bits per heavy atom. The van der Waals surface area contributed by atoms with E-state index in [1.807, 2.05) is 0 Å². The van der Waals surface area contributed by atoms with Crippen molar-refractivity contribution >= 4 is 15.9 Å². The second kappa shape index (κ2) is 3.62. The largest absolute Gasteiger partial charge is 0.493 e. The topological polar surface area (TPSA) is 18.5 Å². The van der Waals surface area contributed by atoms with Gasteiger partial charge in [0.2, 0.25) is 0 Å². The van der Waals surface area contributed by atoms with Crippen LogP contribution in [0.15, 0.2) is 16.6 Å². The number of hydrogen-bond donors (Lipinski definition) is 0. The SMILES string of the molecule is COc1cc[c]c(Br)c1OC. The number of benzene rings is 1. The van der Waals surface area contributed by atoms with E-state index in [2.05, 4.69) is 22.0 Å². The molecule has 0 saturated carbocycles. The number of methoxy groups -OCH3 is 2. The summed E-state index contributed by atoms with van der Waals surface area (Å²) in [6.45, 7) is 0. The van der Waals surface area contributed by atoms with E-state index in [1.54, 1.807) is 26.4 Å². The molecule has 0 aliphatic carbocycles. The van der Waals surface area contributed by atoms with Crippen molar-refractivity contribution in [1.29, 1.82) is 0 Å². The highest BCUT2D eigenvalue weighted by molar-refractivity contribution is 9.10. The molecule has 0 N–H and O–H groups in total. The fourth-order valence-corrected chi connectivity index (χ4v) is 1.28. The van der Waals surface area contributed by atoms with Crippen molar-refractivity contribution in [2.45, 2.75) is 0 Å². The molecule has 0 saturated heterocycles. The molecule has 1 radical (unpaired) electrons. The van der Waals surface area contributed by atoms with Gasteiger partial charge in [-0.2, -0.15) is 0 Å². The summed E-state index contributed by atoms with van der Waals surface area (Å²) in [5.41, 5.74) is 0. The van der Waals surface area contributed by atoms with Gasteiger partial charge in [0.1, 0.15) is 0 Å². The number of halogens is 1. The summed E-state index contributed by atoms with van der Waals surface area (Å²) in [5, 5.41) is 0. The quantitative estimate of drug-likeness (QED) is 0.754. The van der Waals surface area contributed by atoms with Gasteiger partial charge in [-0.25, -0.2) is 0 Å². The molecule has 1 rings (SSSR count). The van der Waals surface area contributed by atoms with Gasteiger partial charge in [-0.1, -0.05) is 0 Å². The van der Waals surface area contributed by atoms with Crippen molar-refractivity contribution < 1.29 is 9.47 Å². The Bertz CT molecular complexity index is 248. The van der Waals surface area contributed by atoms with E-state index in [4.69, 9.17) is 9.47 Å². The Morgan fingerprint density at radius 2 is 2.09 bits per heavy atom. The van der Waals surface area contributed by atoms with E-state index in [0.717, 1.165) is 4.47 Å². The van der Waals surface area contributed by atoms with Crippen LogP contribution in [0.5, 0.6) is 11.5 Å². The van der Waals surface area contributed by atoms with Gasteiger partial charge in [-0.05, 0) is 28.1 Å². The van der Waals surface area contributed by atoms with E-state index in [9.17, 15) is 0 Å². The van der Waals surface area contributed by atoms with Gasteiger partial charge in [0.15, 0.2) is 11.5 Å². The molecule has 0 aromatic heterocycles. The summed E-state index contributed by atoms with van der Waals surface area (Å²) >= 11 is 3.29. The molecule has 0 heterocycles. The lowest BCUT2D eigenvalue weighted by molar-refractivity contribution is 0.353. The first-order chi connectivity index (χ1) is 5.29. The molecule has 59 valence electrons. The van der Waals surface area contributed by atoms with Crippen LogP contribution in [0.1, 0.15) is 0 Å². The lowest BCUT2D eigenvalue weighted by Gasteiger charge is -2.07. The zero-order chi connectivity index (χ0) is 8.27. The normalized spacial score (nSPS) is 9.36. The molecule has 0 amide bonds. The minimum Gasteiger partial charge on any atom is -0.493 e. The Morgan fingerprint density at radius 3 is 2.55 bits per heavy atom. The smallest absolute Gasteiger partial charge is 0.175 e. The number of hydrogen-bond acceptors (Lipinski definition) is 2. The molecule has 0 spiro atoms. The average molecular weight is 216 g/mol. The fraction of sp³-hybridized carbons (Fsp3) is 0.250. The monoisotopic (exact) mass is 215 g/mol. The van der Waals surface area contributed by atoms with Crippen LogP contribution in [0.2, 0.25) is 0 Å². The van der Waals surface area contributed by atoms with Gasteiger partial charge in [0.25, 0.3) is 0 Å². The minimum atomic E-state index is 0.676. The molecule has 0 aliphatic rings. The zero-order valence-electron chi connectivity index (χ0n) is 6.35. The fourth-order valence-electron chi connectivity index (χ4n) is 0.791. The molecule has 11 heavy (non-hydrogen) atoms. The maximum atomic E-state index is 5.06. The van der Waals surface area contributed by atoms with E-state index in [0.29, 0.717) is 11.5 Å². The highest BCUT2D eigenvalue weighted by Gasteiger charge is 2.05. The average Bonchev–Trinajstić information content (AvgIpc) is 2.04. The van der Waals surface area contributed by atoms with Crippen molar-refractivity contribution in [1.82, 2.24) is 0 Å². The van der Waals surface area contributed by atoms with Crippen LogP contribution < -0.4 is 9.47 Å². The molecule has 0 unspecified atom stereocenters. The van der Waals surface area contributed by atoms with Gasteiger partial charge in [-0.3, -0.25) is 0 Å². The maximum absolute atomic E-state index is 5.06. The Labute approximate surface area is 74.3 Å². The maximum Gasteiger partial charge on any atom is 0.175 e. The summed E-state index contributed by atoms with van der Waals surface area (Å²) in [6, 6.07) is 6.50. The summed E-state index contributed by atoms with van der Waals surface area (Å²) < 4.78 is 10.9. The van der Waals surface area contributed by atoms with Crippen molar-refractivity contribution in [3.63, 3.8) is 0 Å². The Hall–Kier alpha value is -0.700. The molecule has 0 aliphatic heterocycles. The molecule has 0 fully saturated rings. The Kier molecular flexibility index (Phi) is 2.76. The third-order valence-electron chi connectivity index (χ3n) is 1.29. The Balaban J connectivity index is 3.13. The predicted molar refractivity (Wildman–Crippen MR) is 46.1 cm³/mol. The minimum absolute atomic E-state index is 0.676. The lowest BCUT2D eigenvalue weighted by atomic mass is 10.3. The van der Waals surface area contributed by atoms with E-state index in [-0.39, 0.29) is 0 Å². The standard InChI is InChI=1S/C8H8BrO2/c1-10-7-5-3-4-6(9)8(7)11-2/h3,5H,1-2H3. The van der Waals surface area contributed by atoms with Gasteiger partial charge in [0, 0.05) is 6.07 Å². The van der Waals surface area contributed by atoms with Gasteiger partial charge in [-0.15, -0.1) is 0 Å². The van der Waals surface area contributed by atoms with Crippen LogP contribution in [0.4, 0.5) is 0 Å². The molecule has 0 bridgehead atoms. The van der Waals surface area contributed by atoms with E-state index in [1.165, 1.54) is 0 Å². The van der Waals surface area contributed by atoms with Gasteiger partial charge in [0.05, 0.1) is 18.7 Å². The van der Waals surface area contributed by atoms with Crippen molar-refractivity contribution in [3.8, 4) is 11.5 Å². The highest BCUT2D eigenvalue weighted by atomic mass is 79.9. The molecule has 1 aromatic carbocycles. The van der Waals surface area contributed by atoms with Crippen LogP contribution in [-0.2, 0) is 0 Å². The third-order valence-corrected chi connectivity index (χ3v) is 1.88. The lowest BCUT2D eigenvalue weighted by Crippen LogP contribution is -1.90. The molecule has 2 nitrogen and oxygen atoms in total. The second-order valence-electron chi connectivity index (χ2n) is 1.89. The summed E-state index contributed by atoms with van der Waals surface area (Å²) in [7, 11) is 3.20. The van der Waals surface area contributed by atoms with E-state index >= 15 is 0 Å². The summed E-state index contributed by atoms with van der Waals surface area (Å²) in [5.74, 6) is 1.38. The second-order valence-corrected chi connectivity index (χ2v) is 2.69. The first-order valence-electron chi connectivity index (χ1n) is 3.07. The van der Waals surface area contributed by atoms with E-state index < -0.39 is 0 Å². The molecular weight excluding hydrogens is 208 g/mol. The summed E-state index contributed by atoms with van der Waals surface area (Å²) in [6.07, 6.45) is 0. The first kappa shape index (κ1) is 8.40. The number of rotatable bonds is 2. The van der Waals surface area contributed by atoms with Crippen LogP contribution in [0.25, 0.3) is 0 Å². The van der Waals surface area contributed by atoms with Crippen molar-refractivity contribution in [2.24, 2.45) is 0 Å². The van der Waals surface area contributed by atoms with Crippen molar-refractivity contribution in [2.75, 3.05) is 14.2 Å². The summed E-state index contributed by atoms with van der Waals surface area (Å²) in [4.78, 5) is 0. The van der Waals surface area contributed by atoms with Crippen LogP contribution in [0.3, 0.4) is 0 Å². The third kappa shape index (κ3) is 1.66. The molecule has 1 aromatic rings. The van der Waals surface area contributed by atoms with Gasteiger partial charge < -0.3 is 9.47 Å². The van der Waals surface area contributed by atoms with Crippen LogP contribution in [0, 0.1) is 6.07 Å². The molecule has 0 atom stereocenters. The van der Waals surface area contributed by atoms with Crippen molar-refractivity contribution in [3.05, 3.63) is 22.7 Å².